The molecule has 3 rings (SSSR count). The molecule has 2 aromatic carbocycles. The Labute approximate surface area is 164 Å². The van der Waals surface area contributed by atoms with Gasteiger partial charge in [-0.2, -0.15) is 0 Å². The molecule has 4 nitrogen and oxygen atoms in total. The monoisotopic (exact) mass is 380 g/mol. The first-order valence-corrected chi connectivity index (χ1v) is 9.91. The molecule has 1 heterocycles. The number of amides is 1. The van der Waals surface area contributed by atoms with Gasteiger partial charge in [-0.1, -0.05) is 48.5 Å². The lowest BCUT2D eigenvalue weighted by molar-refractivity contribution is 0.0943. The molecular formula is C22H24N2O2S. The molecule has 140 valence electrons. The Morgan fingerprint density at radius 3 is 2.56 bits per heavy atom. The van der Waals surface area contributed by atoms with Gasteiger partial charge in [0.15, 0.2) is 0 Å². The van der Waals surface area contributed by atoms with Crippen LogP contribution in [0.5, 0.6) is 5.75 Å². The van der Waals surface area contributed by atoms with Gasteiger partial charge < -0.3 is 15.4 Å². The second-order valence-corrected chi connectivity index (χ2v) is 7.20. The van der Waals surface area contributed by atoms with Crippen molar-refractivity contribution in [2.24, 2.45) is 0 Å². The minimum Gasteiger partial charge on any atom is -0.485 e. The Bertz CT molecular complexity index is 835. The van der Waals surface area contributed by atoms with E-state index < -0.39 is 0 Å². The van der Waals surface area contributed by atoms with Crippen LogP contribution in [0.15, 0.2) is 72.1 Å². The molecule has 1 unspecified atom stereocenters. The van der Waals surface area contributed by atoms with E-state index in [4.69, 9.17) is 4.74 Å². The van der Waals surface area contributed by atoms with Crippen LogP contribution in [0.4, 0.5) is 0 Å². The van der Waals surface area contributed by atoms with E-state index in [1.165, 1.54) is 0 Å². The third kappa shape index (κ3) is 5.42. The normalized spacial score (nSPS) is 11.7. The van der Waals surface area contributed by atoms with E-state index in [9.17, 15) is 4.79 Å². The summed E-state index contributed by atoms with van der Waals surface area (Å²) in [6.07, 6.45) is 0.691. The molecule has 0 saturated heterocycles. The fourth-order valence-corrected chi connectivity index (χ4v) is 3.47. The molecule has 0 fully saturated rings. The second-order valence-electron chi connectivity index (χ2n) is 6.17. The molecule has 0 aliphatic rings. The molecule has 5 heteroatoms. The fourth-order valence-electron chi connectivity index (χ4n) is 2.82. The number of nitrogens with one attached hydrogen (secondary N) is 2. The fraction of sp³-hybridized carbons (Fsp3) is 0.227. The summed E-state index contributed by atoms with van der Waals surface area (Å²) in [5.41, 5.74) is 1.65. The van der Waals surface area contributed by atoms with Crippen LogP contribution in [0.1, 0.15) is 33.3 Å². The largest absolute Gasteiger partial charge is 0.485 e. The summed E-state index contributed by atoms with van der Waals surface area (Å²) in [4.78, 5) is 13.8. The Balaban J connectivity index is 1.75. The van der Waals surface area contributed by atoms with E-state index >= 15 is 0 Å². The van der Waals surface area contributed by atoms with Crippen molar-refractivity contribution in [2.45, 2.75) is 19.1 Å². The van der Waals surface area contributed by atoms with Gasteiger partial charge in [0.1, 0.15) is 11.9 Å². The first-order valence-electron chi connectivity index (χ1n) is 9.03. The molecule has 0 spiro atoms. The van der Waals surface area contributed by atoms with E-state index in [1.807, 2.05) is 61.0 Å². The minimum atomic E-state index is -0.126. The summed E-state index contributed by atoms with van der Waals surface area (Å²) >= 11 is 1.63. The van der Waals surface area contributed by atoms with Crippen LogP contribution in [-0.4, -0.2) is 19.5 Å². The van der Waals surface area contributed by atoms with Gasteiger partial charge in [0.05, 0.1) is 12.1 Å². The number of rotatable bonds is 9. The second kappa shape index (κ2) is 9.90. The Hall–Kier alpha value is -2.63. The number of hydrogen-bond donors (Lipinski definition) is 2. The number of benzene rings is 2. The number of carbonyl (C=O) groups is 1. The molecule has 1 atom stereocenters. The number of carbonyl (C=O) groups excluding carboxylic acids is 1. The Kier molecular flexibility index (Phi) is 7.02. The zero-order chi connectivity index (χ0) is 18.9. The SMILES string of the molecule is CNCCC(Oc1ccccc1C(=O)NCc1cccs1)c1ccccc1. The van der Waals surface area contributed by atoms with Crippen LogP contribution < -0.4 is 15.4 Å². The summed E-state index contributed by atoms with van der Waals surface area (Å²) in [6.45, 7) is 1.35. The van der Waals surface area contributed by atoms with E-state index in [0.717, 1.165) is 23.4 Å². The quantitative estimate of drug-likeness (QED) is 0.578. The van der Waals surface area contributed by atoms with Crippen LogP contribution in [0, 0.1) is 0 Å². The number of ether oxygens (including phenoxy) is 1. The van der Waals surface area contributed by atoms with Gasteiger partial charge in [0, 0.05) is 11.3 Å². The number of hydrogen-bond acceptors (Lipinski definition) is 4. The summed E-state index contributed by atoms with van der Waals surface area (Å²) in [5.74, 6) is 0.477. The van der Waals surface area contributed by atoms with Crippen molar-refractivity contribution in [3.63, 3.8) is 0 Å². The highest BCUT2D eigenvalue weighted by Gasteiger charge is 2.18. The topological polar surface area (TPSA) is 50.4 Å². The zero-order valence-corrected chi connectivity index (χ0v) is 16.2. The van der Waals surface area contributed by atoms with Crippen LogP contribution in [0.25, 0.3) is 0 Å². The van der Waals surface area contributed by atoms with Crippen molar-refractivity contribution in [3.05, 3.63) is 88.1 Å². The summed E-state index contributed by atoms with van der Waals surface area (Å²) in [7, 11) is 1.92. The van der Waals surface area contributed by atoms with Crippen molar-refractivity contribution >= 4 is 17.2 Å². The predicted molar refractivity (Wildman–Crippen MR) is 110 cm³/mol. The molecule has 1 amide bonds. The summed E-state index contributed by atoms with van der Waals surface area (Å²) in [6, 6.07) is 21.5. The van der Waals surface area contributed by atoms with Gasteiger partial charge in [-0.05, 0) is 42.7 Å². The van der Waals surface area contributed by atoms with Crippen molar-refractivity contribution < 1.29 is 9.53 Å². The van der Waals surface area contributed by atoms with Crippen molar-refractivity contribution in [2.75, 3.05) is 13.6 Å². The lowest BCUT2D eigenvalue weighted by atomic mass is 10.1. The number of para-hydroxylation sites is 1. The van der Waals surface area contributed by atoms with Crippen molar-refractivity contribution in [1.29, 1.82) is 0 Å². The zero-order valence-electron chi connectivity index (χ0n) is 15.4. The van der Waals surface area contributed by atoms with Gasteiger partial charge in [0.2, 0.25) is 0 Å². The van der Waals surface area contributed by atoms with Crippen molar-refractivity contribution in [3.8, 4) is 5.75 Å². The van der Waals surface area contributed by atoms with E-state index in [-0.39, 0.29) is 12.0 Å². The van der Waals surface area contributed by atoms with Crippen LogP contribution in [0.2, 0.25) is 0 Å². The van der Waals surface area contributed by atoms with Crippen LogP contribution >= 0.6 is 11.3 Å². The van der Waals surface area contributed by atoms with Gasteiger partial charge in [-0.15, -0.1) is 11.3 Å². The van der Waals surface area contributed by atoms with E-state index in [2.05, 4.69) is 22.8 Å². The molecule has 0 radical (unpaired) electrons. The van der Waals surface area contributed by atoms with Gasteiger partial charge in [-0.25, -0.2) is 0 Å². The summed E-state index contributed by atoms with van der Waals surface area (Å²) < 4.78 is 6.29. The average Bonchev–Trinajstić information content (AvgIpc) is 3.24. The van der Waals surface area contributed by atoms with E-state index in [1.54, 1.807) is 17.4 Å². The van der Waals surface area contributed by atoms with Gasteiger partial charge >= 0.3 is 0 Å². The Morgan fingerprint density at radius 2 is 1.81 bits per heavy atom. The average molecular weight is 381 g/mol. The maximum atomic E-state index is 12.7. The van der Waals surface area contributed by atoms with Crippen LogP contribution in [-0.2, 0) is 6.54 Å². The number of thiophene rings is 1. The predicted octanol–water partition coefficient (Wildman–Crippen LogP) is 4.41. The Morgan fingerprint density at radius 1 is 1.04 bits per heavy atom. The lowest BCUT2D eigenvalue weighted by Gasteiger charge is -2.21. The first-order chi connectivity index (χ1) is 13.3. The molecule has 0 aliphatic heterocycles. The van der Waals surface area contributed by atoms with Crippen molar-refractivity contribution in [1.82, 2.24) is 10.6 Å². The molecular weight excluding hydrogens is 356 g/mol. The molecule has 27 heavy (non-hydrogen) atoms. The van der Waals surface area contributed by atoms with Gasteiger partial charge in [0.25, 0.3) is 5.91 Å². The lowest BCUT2D eigenvalue weighted by Crippen LogP contribution is -2.24. The maximum Gasteiger partial charge on any atom is 0.255 e. The molecule has 0 saturated carbocycles. The smallest absolute Gasteiger partial charge is 0.255 e. The minimum absolute atomic E-state index is 0.120. The molecule has 0 bridgehead atoms. The highest BCUT2D eigenvalue weighted by Crippen LogP contribution is 2.27. The van der Waals surface area contributed by atoms with E-state index in [0.29, 0.717) is 17.9 Å². The third-order valence-electron chi connectivity index (χ3n) is 4.23. The van der Waals surface area contributed by atoms with Crippen LogP contribution in [0.3, 0.4) is 0 Å². The molecule has 2 N–H and O–H groups in total. The maximum absolute atomic E-state index is 12.7. The molecule has 1 aromatic heterocycles. The third-order valence-corrected chi connectivity index (χ3v) is 5.11. The summed E-state index contributed by atoms with van der Waals surface area (Å²) in [5, 5.41) is 8.15. The van der Waals surface area contributed by atoms with Gasteiger partial charge in [-0.3, -0.25) is 4.79 Å². The highest BCUT2D eigenvalue weighted by atomic mass is 32.1. The first kappa shape index (κ1) is 19.1. The molecule has 3 aromatic rings. The highest BCUT2D eigenvalue weighted by molar-refractivity contribution is 7.09. The standard InChI is InChI=1S/C22H24N2O2S/c1-23-14-13-20(17-8-3-2-4-9-17)26-21-12-6-5-11-19(21)22(25)24-16-18-10-7-15-27-18/h2-12,15,20,23H,13-14,16H2,1H3,(H,24,25). The molecule has 0 aliphatic carbocycles.